The summed E-state index contributed by atoms with van der Waals surface area (Å²) < 4.78 is 0. The maximum atomic E-state index is 12.5. The Balaban J connectivity index is 1.66. The second kappa shape index (κ2) is 7.47. The first-order valence-electron chi connectivity index (χ1n) is 10.1. The Kier molecular flexibility index (Phi) is 5.10. The third-order valence-corrected chi connectivity index (χ3v) is 6.72. The fraction of sp³-hybridized carbons (Fsp3) is 0.280. The number of thioether (sulfide) groups is 1. The van der Waals surface area contributed by atoms with E-state index in [2.05, 4.69) is 68.2 Å². The minimum absolute atomic E-state index is 0.0218. The molecule has 1 N–H and O–H groups in total. The Morgan fingerprint density at radius 3 is 2.50 bits per heavy atom. The molecule has 5 heteroatoms. The number of likely N-dealkylation sites (N-methyl/N-ethyl adjacent to an activating group) is 1. The van der Waals surface area contributed by atoms with Gasteiger partial charge in [-0.1, -0.05) is 23.8 Å². The maximum absolute atomic E-state index is 12.5. The van der Waals surface area contributed by atoms with Crippen LogP contribution in [0, 0.1) is 13.8 Å². The standard InChI is InChI=1S/C25H27N3OS/c1-15-7-9-19(10-8-15)26-24-27-23(29)22(30-24)13-18-12-20-17(3)14-25(4,5)28(6)21(20)11-16(18)2/h7-14H,1-6H3,(H,26,27,29)/b22-13-. The van der Waals surface area contributed by atoms with Crippen molar-refractivity contribution >= 4 is 45.9 Å². The van der Waals surface area contributed by atoms with Crippen LogP contribution in [-0.4, -0.2) is 23.7 Å². The van der Waals surface area contributed by atoms with Crippen LogP contribution >= 0.6 is 11.8 Å². The summed E-state index contributed by atoms with van der Waals surface area (Å²) in [6.07, 6.45) is 4.27. The molecule has 2 aromatic carbocycles. The van der Waals surface area contributed by atoms with Gasteiger partial charge in [0.15, 0.2) is 5.17 Å². The topological polar surface area (TPSA) is 44.7 Å². The van der Waals surface area contributed by atoms with Gasteiger partial charge in [0.2, 0.25) is 0 Å². The number of allylic oxidation sites excluding steroid dienone is 1. The third-order valence-electron chi connectivity index (χ3n) is 5.81. The molecular formula is C25H27N3OS. The fourth-order valence-corrected chi connectivity index (χ4v) is 4.66. The van der Waals surface area contributed by atoms with Gasteiger partial charge in [-0.3, -0.25) is 4.79 Å². The number of carbonyl (C=O) groups is 1. The van der Waals surface area contributed by atoms with Crippen LogP contribution in [0.4, 0.5) is 11.4 Å². The molecule has 0 aromatic heterocycles. The van der Waals surface area contributed by atoms with Gasteiger partial charge in [0.25, 0.3) is 5.91 Å². The Morgan fingerprint density at radius 1 is 1.10 bits per heavy atom. The smallest absolute Gasteiger partial charge is 0.264 e. The number of nitrogens with zero attached hydrogens (tertiary/aromatic N) is 2. The summed E-state index contributed by atoms with van der Waals surface area (Å²) in [5.41, 5.74) is 7.91. The summed E-state index contributed by atoms with van der Waals surface area (Å²) in [6, 6.07) is 12.4. The first-order chi connectivity index (χ1) is 14.1. The van der Waals surface area contributed by atoms with Gasteiger partial charge < -0.3 is 10.2 Å². The molecule has 2 aliphatic heterocycles. The maximum Gasteiger partial charge on any atom is 0.264 e. The van der Waals surface area contributed by atoms with Crippen LogP contribution in [0.2, 0.25) is 0 Å². The average Bonchev–Trinajstić information content (AvgIpc) is 3.01. The second-order valence-corrected chi connectivity index (χ2v) is 9.61. The predicted octanol–water partition coefficient (Wildman–Crippen LogP) is 5.83. The van der Waals surface area contributed by atoms with Crippen LogP contribution in [0.25, 0.3) is 11.6 Å². The molecule has 30 heavy (non-hydrogen) atoms. The highest BCUT2D eigenvalue weighted by atomic mass is 32.2. The molecule has 2 aliphatic rings. The van der Waals surface area contributed by atoms with E-state index in [1.165, 1.54) is 34.1 Å². The molecule has 1 amide bonds. The monoisotopic (exact) mass is 417 g/mol. The molecule has 2 aromatic rings. The normalized spacial score (nSPS) is 20.4. The Morgan fingerprint density at radius 2 is 1.80 bits per heavy atom. The van der Waals surface area contributed by atoms with Gasteiger partial charge in [-0.2, -0.15) is 0 Å². The summed E-state index contributed by atoms with van der Waals surface area (Å²) in [7, 11) is 2.13. The lowest BCUT2D eigenvalue weighted by Crippen LogP contribution is -2.42. The van der Waals surface area contributed by atoms with Gasteiger partial charge in [-0.15, -0.1) is 0 Å². The van der Waals surface area contributed by atoms with Crippen LogP contribution in [0.15, 0.2) is 52.4 Å². The highest BCUT2D eigenvalue weighted by Crippen LogP contribution is 2.40. The minimum atomic E-state index is -0.103. The van der Waals surface area contributed by atoms with E-state index in [1.54, 1.807) is 0 Å². The molecule has 4 nitrogen and oxygen atoms in total. The molecule has 4 rings (SSSR count). The molecule has 0 saturated carbocycles. The number of anilines is 1. The molecule has 1 fully saturated rings. The second-order valence-electron chi connectivity index (χ2n) is 8.58. The predicted molar refractivity (Wildman–Crippen MR) is 129 cm³/mol. The van der Waals surface area contributed by atoms with Crippen molar-refractivity contribution in [3.63, 3.8) is 0 Å². The summed E-state index contributed by atoms with van der Waals surface area (Å²) in [5, 5.41) is 3.50. The highest BCUT2D eigenvalue weighted by molar-refractivity contribution is 8.18. The van der Waals surface area contributed by atoms with E-state index in [-0.39, 0.29) is 11.4 Å². The van der Waals surface area contributed by atoms with E-state index in [4.69, 9.17) is 0 Å². The van der Waals surface area contributed by atoms with E-state index >= 15 is 0 Å². The number of amides is 1. The number of hydrogen-bond donors (Lipinski definition) is 1. The van der Waals surface area contributed by atoms with E-state index in [0.717, 1.165) is 16.8 Å². The van der Waals surface area contributed by atoms with Gasteiger partial charge in [0.1, 0.15) is 0 Å². The summed E-state index contributed by atoms with van der Waals surface area (Å²) >= 11 is 1.39. The number of fused-ring (bicyclic) bond motifs is 1. The van der Waals surface area contributed by atoms with Crippen LogP contribution in [-0.2, 0) is 4.79 Å². The molecule has 0 bridgehead atoms. The van der Waals surface area contributed by atoms with E-state index in [0.29, 0.717) is 10.1 Å². The van der Waals surface area contributed by atoms with E-state index in [1.807, 2.05) is 37.3 Å². The summed E-state index contributed by atoms with van der Waals surface area (Å²) in [5.74, 6) is -0.103. The van der Waals surface area contributed by atoms with Crippen molar-refractivity contribution in [2.75, 3.05) is 11.9 Å². The molecular weight excluding hydrogens is 390 g/mol. The largest absolute Gasteiger partial charge is 0.365 e. The Bertz CT molecular complexity index is 1120. The lowest BCUT2D eigenvalue weighted by molar-refractivity contribution is -0.115. The van der Waals surface area contributed by atoms with Gasteiger partial charge in [0.05, 0.1) is 16.1 Å². The van der Waals surface area contributed by atoms with Crippen molar-refractivity contribution in [3.05, 3.63) is 69.6 Å². The van der Waals surface area contributed by atoms with Crippen LogP contribution in [0.1, 0.15) is 43.0 Å². The molecule has 0 atom stereocenters. The minimum Gasteiger partial charge on any atom is -0.365 e. The summed E-state index contributed by atoms with van der Waals surface area (Å²) in [6.45, 7) is 10.7. The Labute approximate surface area is 182 Å². The Hall–Kier alpha value is -2.79. The van der Waals surface area contributed by atoms with Gasteiger partial charge in [-0.05, 0) is 93.4 Å². The van der Waals surface area contributed by atoms with Crippen LogP contribution in [0.5, 0.6) is 0 Å². The first-order valence-corrected chi connectivity index (χ1v) is 10.9. The van der Waals surface area contributed by atoms with Crippen molar-refractivity contribution in [2.45, 2.75) is 40.2 Å². The number of nitrogens with one attached hydrogen (secondary N) is 1. The number of amidine groups is 1. The van der Waals surface area contributed by atoms with Gasteiger partial charge in [0, 0.05) is 18.3 Å². The van der Waals surface area contributed by atoms with E-state index in [9.17, 15) is 4.79 Å². The van der Waals surface area contributed by atoms with E-state index < -0.39 is 0 Å². The SMILES string of the molecule is CC1=CC(C)(C)N(C)c2cc(C)c(/C=C3\SC(=Nc4ccc(C)cc4)NC3=O)cc21. The van der Waals surface area contributed by atoms with Crippen molar-refractivity contribution < 1.29 is 4.79 Å². The van der Waals surface area contributed by atoms with Crippen molar-refractivity contribution in [3.8, 4) is 0 Å². The van der Waals surface area contributed by atoms with Crippen LogP contribution < -0.4 is 10.2 Å². The number of aryl methyl sites for hydroxylation is 2. The zero-order valence-corrected chi connectivity index (χ0v) is 19.1. The van der Waals surface area contributed by atoms with Crippen LogP contribution in [0.3, 0.4) is 0 Å². The number of carbonyl (C=O) groups excluding carboxylic acids is 1. The molecule has 0 unspecified atom stereocenters. The third kappa shape index (κ3) is 3.82. The lowest BCUT2D eigenvalue weighted by Gasteiger charge is -2.41. The number of rotatable bonds is 2. The number of hydrogen-bond acceptors (Lipinski definition) is 4. The zero-order chi connectivity index (χ0) is 21.6. The fourth-order valence-electron chi connectivity index (χ4n) is 3.83. The van der Waals surface area contributed by atoms with Crippen molar-refractivity contribution in [1.82, 2.24) is 5.32 Å². The first kappa shape index (κ1) is 20.5. The van der Waals surface area contributed by atoms with Gasteiger partial charge >= 0.3 is 0 Å². The molecule has 2 heterocycles. The van der Waals surface area contributed by atoms with Gasteiger partial charge in [-0.25, -0.2) is 4.99 Å². The zero-order valence-electron chi connectivity index (χ0n) is 18.3. The van der Waals surface area contributed by atoms with Crippen molar-refractivity contribution in [2.24, 2.45) is 4.99 Å². The summed E-state index contributed by atoms with van der Waals surface area (Å²) in [4.78, 5) is 20.1. The number of benzene rings is 2. The molecule has 0 aliphatic carbocycles. The van der Waals surface area contributed by atoms with Crippen molar-refractivity contribution in [1.29, 1.82) is 0 Å². The average molecular weight is 418 g/mol. The molecule has 154 valence electrons. The quantitative estimate of drug-likeness (QED) is 0.626. The highest BCUT2D eigenvalue weighted by Gasteiger charge is 2.29. The molecule has 1 saturated heterocycles. The number of aliphatic imine (C=N–C) groups is 1. The lowest BCUT2D eigenvalue weighted by atomic mass is 9.87. The molecule has 0 spiro atoms. The molecule has 0 radical (unpaired) electrons.